The molecule has 4 aromatic rings. The number of carbonyl (C=O) groups excluding carboxylic acids is 1. The number of aryl methyl sites for hydroxylation is 1. The molecule has 34 heavy (non-hydrogen) atoms. The maximum Gasteiger partial charge on any atom is 0.322 e. The van der Waals surface area contributed by atoms with Crippen molar-refractivity contribution in [1.82, 2.24) is 20.4 Å². The first kappa shape index (κ1) is 22.4. The normalized spacial score (nSPS) is 16.1. The molecule has 1 unspecified atom stereocenters. The lowest BCUT2D eigenvalue weighted by molar-refractivity contribution is 0.203. The number of aromatic nitrogens is 2. The number of amides is 2. The summed E-state index contributed by atoms with van der Waals surface area (Å²) in [5.41, 5.74) is 4.71. The number of hydrogen-bond acceptors (Lipinski definition) is 5. The van der Waals surface area contributed by atoms with Crippen molar-refractivity contribution in [3.8, 4) is 10.7 Å². The van der Waals surface area contributed by atoms with Crippen molar-refractivity contribution >= 4 is 34.5 Å². The van der Waals surface area contributed by atoms with E-state index >= 15 is 0 Å². The molecule has 2 aromatic carbocycles. The van der Waals surface area contributed by atoms with Gasteiger partial charge in [-0.2, -0.15) is 4.98 Å². The Kier molecular flexibility index (Phi) is 6.22. The summed E-state index contributed by atoms with van der Waals surface area (Å²) in [6, 6.07) is 19.0. The minimum atomic E-state index is -0.406. The largest absolute Gasteiger partial charge is 0.334 e. The van der Waals surface area contributed by atoms with Crippen LogP contribution in [0.1, 0.15) is 42.5 Å². The van der Waals surface area contributed by atoms with Crippen molar-refractivity contribution in [2.24, 2.45) is 0 Å². The highest BCUT2D eigenvalue weighted by atomic mass is 35.5. The summed E-state index contributed by atoms with van der Waals surface area (Å²) in [7, 11) is 0. The van der Waals surface area contributed by atoms with Crippen LogP contribution in [0.5, 0.6) is 0 Å². The van der Waals surface area contributed by atoms with Gasteiger partial charge in [-0.05, 0) is 53.6 Å². The molecule has 0 radical (unpaired) electrons. The average molecular weight is 491 g/mol. The Morgan fingerprint density at radius 1 is 1.09 bits per heavy atom. The van der Waals surface area contributed by atoms with Crippen molar-refractivity contribution in [3.63, 3.8) is 0 Å². The molecule has 2 amide bonds. The quantitative estimate of drug-likeness (QED) is 0.326. The van der Waals surface area contributed by atoms with Gasteiger partial charge in [-0.1, -0.05) is 66.1 Å². The molecule has 0 aliphatic carbocycles. The fraction of sp³-hybridized carbons (Fsp3) is 0.192. The molecule has 3 heterocycles. The standard InChI is InChI=1S/C26H23ClN4O2S/c1-3-17-6-10-19(11-7-17)23-22(25-29-24(30-33-25)21-5-4-14-34-21)16(2)31(26(32)28-23)15-18-8-12-20(27)13-9-18/h4-14,23H,3,15H2,1-2H3,(H,28,32). The second-order valence-electron chi connectivity index (χ2n) is 8.09. The zero-order valence-corrected chi connectivity index (χ0v) is 20.4. The average Bonchev–Trinajstić information content (AvgIpc) is 3.55. The summed E-state index contributed by atoms with van der Waals surface area (Å²) < 4.78 is 5.74. The van der Waals surface area contributed by atoms with E-state index in [-0.39, 0.29) is 6.03 Å². The lowest BCUT2D eigenvalue weighted by Gasteiger charge is -2.35. The molecular formula is C26H23ClN4O2S. The van der Waals surface area contributed by atoms with Gasteiger partial charge in [0, 0.05) is 10.7 Å². The van der Waals surface area contributed by atoms with Crippen molar-refractivity contribution in [2.45, 2.75) is 32.9 Å². The van der Waals surface area contributed by atoms with E-state index in [4.69, 9.17) is 21.1 Å². The smallest absolute Gasteiger partial charge is 0.322 e. The molecule has 8 heteroatoms. The van der Waals surface area contributed by atoms with Crippen LogP contribution in [-0.4, -0.2) is 21.1 Å². The van der Waals surface area contributed by atoms with Crippen LogP contribution in [0.3, 0.4) is 0 Å². The molecule has 172 valence electrons. The van der Waals surface area contributed by atoms with Crippen LogP contribution in [0.25, 0.3) is 16.3 Å². The first-order valence-corrected chi connectivity index (χ1v) is 12.3. The summed E-state index contributed by atoms with van der Waals surface area (Å²) in [5.74, 6) is 0.929. The molecule has 2 aromatic heterocycles. The van der Waals surface area contributed by atoms with Crippen molar-refractivity contribution < 1.29 is 9.32 Å². The zero-order valence-electron chi connectivity index (χ0n) is 18.8. The lowest BCUT2D eigenvalue weighted by atomic mass is 9.93. The monoisotopic (exact) mass is 490 g/mol. The molecule has 0 saturated heterocycles. The molecule has 5 rings (SSSR count). The van der Waals surface area contributed by atoms with Crippen molar-refractivity contribution in [3.05, 3.63) is 99.3 Å². The minimum Gasteiger partial charge on any atom is -0.334 e. The Morgan fingerprint density at radius 3 is 2.50 bits per heavy atom. The van der Waals surface area contributed by atoms with E-state index in [0.29, 0.717) is 23.3 Å². The van der Waals surface area contributed by atoms with Gasteiger partial charge in [-0.3, -0.25) is 4.90 Å². The third-order valence-corrected chi connectivity index (χ3v) is 7.09. The third-order valence-electron chi connectivity index (χ3n) is 5.97. The van der Waals surface area contributed by atoms with Gasteiger partial charge in [0.25, 0.3) is 5.89 Å². The van der Waals surface area contributed by atoms with Gasteiger partial charge >= 0.3 is 6.03 Å². The van der Waals surface area contributed by atoms with Crippen LogP contribution in [0.4, 0.5) is 4.79 Å². The molecule has 1 aliphatic rings. The van der Waals surface area contributed by atoms with E-state index in [9.17, 15) is 4.79 Å². The second-order valence-corrected chi connectivity index (χ2v) is 9.47. The lowest BCUT2D eigenvalue weighted by Crippen LogP contribution is -2.45. The molecule has 0 saturated carbocycles. The highest BCUT2D eigenvalue weighted by molar-refractivity contribution is 7.13. The van der Waals surface area contributed by atoms with Gasteiger partial charge in [0.2, 0.25) is 5.82 Å². The van der Waals surface area contributed by atoms with Gasteiger partial charge in [-0.15, -0.1) is 11.3 Å². The Morgan fingerprint density at radius 2 is 1.82 bits per heavy atom. The molecular weight excluding hydrogens is 468 g/mol. The van der Waals surface area contributed by atoms with E-state index in [1.165, 1.54) is 5.56 Å². The topological polar surface area (TPSA) is 71.3 Å². The van der Waals surface area contributed by atoms with E-state index in [0.717, 1.165) is 33.7 Å². The number of carbonyl (C=O) groups is 1. The maximum atomic E-state index is 13.2. The van der Waals surface area contributed by atoms with Gasteiger partial charge in [-0.25, -0.2) is 4.79 Å². The van der Waals surface area contributed by atoms with E-state index < -0.39 is 6.04 Å². The zero-order chi connectivity index (χ0) is 23.7. The van der Waals surface area contributed by atoms with Gasteiger partial charge in [0.15, 0.2) is 0 Å². The molecule has 1 aliphatic heterocycles. The molecule has 1 atom stereocenters. The fourth-order valence-corrected chi connectivity index (χ4v) is 4.83. The van der Waals surface area contributed by atoms with Crippen LogP contribution in [0, 0.1) is 0 Å². The number of benzene rings is 2. The highest BCUT2D eigenvalue weighted by Crippen LogP contribution is 2.38. The number of thiophene rings is 1. The van der Waals surface area contributed by atoms with Crippen LogP contribution in [0.2, 0.25) is 5.02 Å². The first-order chi connectivity index (χ1) is 16.5. The number of nitrogens with zero attached hydrogens (tertiary/aromatic N) is 3. The summed E-state index contributed by atoms with van der Waals surface area (Å²) in [4.78, 5) is 20.6. The van der Waals surface area contributed by atoms with Gasteiger partial charge in [0.05, 0.1) is 23.0 Å². The summed E-state index contributed by atoms with van der Waals surface area (Å²) in [6.45, 7) is 4.43. The Labute approximate surface area is 206 Å². The molecule has 0 fully saturated rings. The highest BCUT2D eigenvalue weighted by Gasteiger charge is 2.35. The number of rotatable bonds is 6. The molecule has 0 bridgehead atoms. The summed E-state index contributed by atoms with van der Waals surface area (Å²) in [6.07, 6.45) is 0.946. The molecule has 6 nitrogen and oxygen atoms in total. The fourth-order valence-electron chi connectivity index (χ4n) is 4.06. The van der Waals surface area contributed by atoms with Crippen LogP contribution in [0.15, 0.2) is 76.3 Å². The molecule has 0 spiro atoms. The molecule has 1 N–H and O–H groups in total. The van der Waals surface area contributed by atoms with Crippen LogP contribution >= 0.6 is 22.9 Å². The first-order valence-electron chi connectivity index (χ1n) is 11.0. The van der Waals surface area contributed by atoms with E-state index in [1.54, 1.807) is 16.2 Å². The van der Waals surface area contributed by atoms with E-state index in [1.807, 2.05) is 60.8 Å². The van der Waals surface area contributed by atoms with Gasteiger partial charge < -0.3 is 9.84 Å². The predicted molar refractivity (Wildman–Crippen MR) is 134 cm³/mol. The Bertz CT molecular complexity index is 1330. The Hall–Kier alpha value is -3.42. The maximum absolute atomic E-state index is 13.2. The minimum absolute atomic E-state index is 0.182. The number of allylic oxidation sites excluding steroid dienone is 1. The second kappa shape index (κ2) is 9.44. The summed E-state index contributed by atoms with van der Waals surface area (Å²) in [5, 5.41) is 9.99. The Balaban J connectivity index is 1.58. The predicted octanol–water partition coefficient (Wildman–Crippen LogP) is 6.71. The number of hydrogen-bond donors (Lipinski definition) is 1. The van der Waals surface area contributed by atoms with Crippen LogP contribution in [-0.2, 0) is 13.0 Å². The summed E-state index contributed by atoms with van der Waals surface area (Å²) >= 11 is 7.59. The SMILES string of the molecule is CCc1ccc(C2NC(=O)N(Cc3ccc(Cl)cc3)C(C)=C2c2nc(-c3cccs3)no2)cc1. The van der Waals surface area contributed by atoms with Gasteiger partial charge in [0.1, 0.15) is 0 Å². The third kappa shape index (κ3) is 4.36. The van der Waals surface area contributed by atoms with Crippen molar-refractivity contribution in [2.75, 3.05) is 0 Å². The number of urea groups is 1. The number of halogens is 1. The van der Waals surface area contributed by atoms with Crippen molar-refractivity contribution in [1.29, 1.82) is 0 Å². The van der Waals surface area contributed by atoms with Crippen LogP contribution < -0.4 is 5.32 Å². The van der Waals surface area contributed by atoms with E-state index in [2.05, 4.69) is 29.5 Å². The number of nitrogens with one attached hydrogen (secondary N) is 1.